The van der Waals surface area contributed by atoms with Crippen molar-refractivity contribution in [2.24, 2.45) is 0 Å². The van der Waals surface area contributed by atoms with Crippen molar-refractivity contribution < 1.29 is 13.2 Å². The second-order valence-corrected chi connectivity index (χ2v) is 7.18. The van der Waals surface area contributed by atoms with Crippen LogP contribution < -0.4 is 10.0 Å². The number of rotatable bonds is 5. The Morgan fingerprint density at radius 1 is 0.957 bits per heavy atom. The van der Waals surface area contributed by atoms with E-state index in [0.29, 0.717) is 11.1 Å². The minimum atomic E-state index is -3.65. The molecule has 2 N–H and O–H groups in total. The Morgan fingerprint density at radius 2 is 1.48 bits per heavy atom. The van der Waals surface area contributed by atoms with E-state index in [-0.39, 0.29) is 0 Å². The van der Waals surface area contributed by atoms with Crippen LogP contribution in [0.4, 0.5) is 0 Å². The summed E-state index contributed by atoms with van der Waals surface area (Å²) in [5.74, 6) is -0.446. The van der Waals surface area contributed by atoms with Crippen LogP contribution in [-0.4, -0.2) is 27.6 Å². The Labute approximate surface area is 136 Å². The van der Waals surface area contributed by atoms with Crippen molar-refractivity contribution in [2.45, 2.75) is 12.5 Å². The molecule has 0 heterocycles. The van der Waals surface area contributed by atoms with Crippen molar-refractivity contribution in [1.82, 2.24) is 10.0 Å². The molecule has 0 aliphatic heterocycles. The third-order valence-corrected chi connectivity index (χ3v) is 4.27. The molecule has 1 amide bonds. The van der Waals surface area contributed by atoms with Gasteiger partial charge in [0, 0.05) is 7.05 Å². The van der Waals surface area contributed by atoms with E-state index < -0.39 is 21.5 Å². The van der Waals surface area contributed by atoms with Gasteiger partial charge in [0.15, 0.2) is 5.54 Å². The van der Waals surface area contributed by atoms with Gasteiger partial charge in [-0.15, -0.1) is 0 Å². The van der Waals surface area contributed by atoms with Crippen molar-refractivity contribution in [3.8, 4) is 0 Å². The highest BCUT2D eigenvalue weighted by Gasteiger charge is 2.43. The molecule has 23 heavy (non-hydrogen) atoms. The molecule has 0 bridgehead atoms. The molecule has 0 fully saturated rings. The van der Waals surface area contributed by atoms with E-state index in [2.05, 4.69) is 10.0 Å². The molecule has 0 saturated carbocycles. The Kier molecular flexibility index (Phi) is 4.87. The van der Waals surface area contributed by atoms with Crippen molar-refractivity contribution in [3.63, 3.8) is 0 Å². The van der Waals surface area contributed by atoms with E-state index in [4.69, 9.17) is 0 Å². The van der Waals surface area contributed by atoms with Crippen molar-refractivity contribution in [3.05, 3.63) is 71.3 Å². The first kappa shape index (κ1) is 17.2. The fourth-order valence-electron chi connectivity index (χ4n) is 2.55. The molecule has 0 aliphatic carbocycles. The lowest BCUT2D eigenvalue weighted by Crippen LogP contribution is -2.56. The molecule has 2 aromatic carbocycles. The number of nitrogens with one attached hydrogen (secondary N) is 2. The van der Waals surface area contributed by atoms with Gasteiger partial charge < -0.3 is 5.32 Å². The quantitative estimate of drug-likeness (QED) is 0.872. The summed E-state index contributed by atoms with van der Waals surface area (Å²) in [6.07, 6.45) is 1.04. The molecular formula is C17H20N2O3S. The number of carbonyl (C=O) groups excluding carboxylic acids is 1. The topological polar surface area (TPSA) is 75.3 Å². The van der Waals surface area contributed by atoms with Gasteiger partial charge >= 0.3 is 0 Å². The standard InChI is InChI=1S/C17H20N2O3S/c1-13-9-11-15(12-10-13)17(16(20)18-2,19-23(3,21)22)14-7-5-4-6-8-14/h4-12,19H,1-3H3,(H,18,20)/t17-/m1/s1. The van der Waals surface area contributed by atoms with Crippen LogP contribution in [0.25, 0.3) is 0 Å². The largest absolute Gasteiger partial charge is 0.357 e. The Hall–Kier alpha value is -2.18. The van der Waals surface area contributed by atoms with Crippen molar-refractivity contribution >= 4 is 15.9 Å². The van der Waals surface area contributed by atoms with Crippen LogP contribution >= 0.6 is 0 Å². The lowest BCUT2D eigenvalue weighted by molar-refractivity contribution is -0.125. The third kappa shape index (κ3) is 3.60. The first-order valence-corrected chi connectivity index (χ1v) is 9.02. The van der Waals surface area contributed by atoms with Crippen molar-refractivity contribution in [2.75, 3.05) is 13.3 Å². The number of aryl methyl sites for hydroxylation is 1. The smallest absolute Gasteiger partial charge is 0.250 e. The number of carbonyl (C=O) groups is 1. The summed E-state index contributed by atoms with van der Waals surface area (Å²) in [5.41, 5.74) is 0.608. The highest BCUT2D eigenvalue weighted by Crippen LogP contribution is 2.31. The molecule has 2 rings (SSSR count). The lowest BCUT2D eigenvalue weighted by atomic mass is 9.82. The number of hydrogen-bond donors (Lipinski definition) is 2. The normalized spacial score (nSPS) is 14.0. The third-order valence-electron chi connectivity index (χ3n) is 3.60. The Bertz CT molecular complexity index is 786. The minimum absolute atomic E-state index is 0.446. The predicted octanol–water partition coefficient (Wildman–Crippen LogP) is 1.53. The van der Waals surface area contributed by atoms with E-state index in [1.54, 1.807) is 36.4 Å². The van der Waals surface area contributed by atoms with Gasteiger partial charge in [-0.1, -0.05) is 60.2 Å². The van der Waals surface area contributed by atoms with Gasteiger partial charge in [0.1, 0.15) is 0 Å². The summed E-state index contributed by atoms with van der Waals surface area (Å²) >= 11 is 0. The van der Waals surface area contributed by atoms with Crippen molar-refractivity contribution in [1.29, 1.82) is 0 Å². The highest BCUT2D eigenvalue weighted by molar-refractivity contribution is 7.88. The predicted molar refractivity (Wildman–Crippen MR) is 90.4 cm³/mol. The fourth-order valence-corrected chi connectivity index (χ4v) is 3.43. The summed E-state index contributed by atoms with van der Waals surface area (Å²) in [5, 5.41) is 2.57. The number of likely N-dealkylation sites (N-methyl/N-ethyl adjacent to an activating group) is 1. The minimum Gasteiger partial charge on any atom is -0.357 e. The second kappa shape index (κ2) is 6.52. The molecule has 0 unspecified atom stereocenters. The van der Waals surface area contributed by atoms with E-state index in [9.17, 15) is 13.2 Å². The summed E-state index contributed by atoms with van der Waals surface area (Å²) in [7, 11) is -2.17. The monoisotopic (exact) mass is 332 g/mol. The summed E-state index contributed by atoms with van der Waals surface area (Å²) in [6, 6.07) is 16.0. The summed E-state index contributed by atoms with van der Waals surface area (Å²) in [6.45, 7) is 1.93. The van der Waals surface area contributed by atoms with Gasteiger partial charge in [-0.25, -0.2) is 8.42 Å². The van der Waals surface area contributed by atoms with Crippen LogP contribution in [0.2, 0.25) is 0 Å². The van der Waals surface area contributed by atoms with Crippen LogP contribution in [0, 0.1) is 6.92 Å². The molecule has 0 aromatic heterocycles. The zero-order valence-electron chi connectivity index (χ0n) is 13.3. The Morgan fingerprint density at radius 3 is 1.96 bits per heavy atom. The Balaban J connectivity index is 2.78. The first-order chi connectivity index (χ1) is 10.8. The summed E-state index contributed by atoms with van der Waals surface area (Å²) < 4.78 is 26.5. The molecule has 1 atom stereocenters. The molecule has 0 radical (unpaired) electrons. The average Bonchev–Trinajstić information content (AvgIpc) is 2.52. The second-order valence-electron chi connectivity index (χ2n) is 5.44. The van der Waals surface area contributed by atoms with Gasteiger partial charge in [-0.2, -0.15) is 4.72 Å². The van der Waals surface area contributed by atoms with Gasteiger partial charge in [-0.3, -0.25) is 4.79 Å². The zero-order valence-corrected chi connectivity index (χ0v) is 14.1. The number of hydrogen-bond acceptors (Lipinski definition) is 3. The molecule has 0 saturated heterocycles. The zero-order chi connectivity index (χ0) is 17.1. The highest BCUT2D eigenvalue weighted by atomic mass is 32.2. The van der Waals surface area contributed by atoms with Gasteiger partial charge in [0.05, 0.1) is 6.26 Å². The fraction of sp³-hybridized carbons (Fsp3) is 0.235. The number of sulfonamides is 1. The molecule has 2 aromatic rings. The lowest BCUT2D eigenvalue weighted by Gasteiger charge is -2.33. The maximum absolute atomic E-state index is 12.8. The average molecular weight is 332 g/mol. The first-order valence-electron chi connectivity index (χ1n) is 7.13. The van der Waals surface area contributed by atoms with Crippen LogP contribution in [0.3, 0.4) is 0 Å². The molecule has 0 spiro atoms. The van der Waals surface area contributed by atoms with Gasteiger partial charge in [-0.05, 0) is 18.1 Å². The van der Waals surface area contributed by atoms with E-state index in [1.807, 2.05) is 25.1 Å². The van der Waals surface area contributed by atoms with Gasteiger partial charge in [0.25, 0.3) is 0 Å². The maximum atomic E-state index is 12.8. The molecule has 0 aliphatic rings. The summed E-state index contributed by atoms with van der Waals surface area (Å²) in [4.78, 5) is 12.8. The van der Waals surface area contributed by atoms with E-state index in [0.717, 1.165) is 11.8 Å². The molecule has 6 heteroatoms. The van der Waals surface area contributed by atoms with E-state index in [1.165, 1.54) is 7.05 Å². The number of amides is 1. The van der Waals surface area contributed by atoms with E-state index >= 15 is 0 Å². The molecule has 122 valence electrons. The van der Waals surface area contributed by atoms with Crippen LogP contribution in [0.1, 0.15) is 16.7 Å². The molecule has 5 nitrogen and oxygen atoms in total. The van der Waals surface area contributed by atoms with Gasteiger partial charge in [0.2, 0.25) is 15.9 Å². The van der Waals surface area contributed by atoms with Crippen LogP contribution in [0.15, 0.2) is 54.6 Å². The molecular weight excluding hydrogens is 312 g/mol. The SMILES string of the molecule is CNC(=O)[C@@](NS(C)(=O)=O)(c1ccccc1)c1ccc(C)cc1. The van der Waals surface area contributed by atoms with Crippen LogP contribution in [0.5, 0.6) is 0 Å². The maximum Gasteiger partial charge on any atom is 0.250 e. The number of benzene rings is 2. The van der Waals surface area contributed by atoms with Crippen LogP contribution in [-0.2, 0) is 20.4 Å².